The number of ketones is 1. The predicted octanol–water partition coefficient (Wildman–Crippen LogP) is 0.255. The smallest absolute Gasteiger partial charge is 0.364 e. The Hall–Kier alpha value is -2.08. The van der Waals surface area contributed by atoms with Crippen LogP contribution in [0.1, 0.15) is 10.4 Å². The second-order valence-electron chi connectivity index (χ2n) is 2.74. The number of aldehydes is 1. The largest absolute Gasteiger partial charge is 0.398 e. The standard InChI is InChI=1S/C10H8FNO4/c11-8-3-1-7(2-4-8)9(14)10(15)16-12-5-6-13/h1-4,6,12H,5H2. The number of hydroxylamine groups is 1. The number of hydrogen-bond donors (Lipinski definition) is 1. The summed E-state index contributed by atoms with van der Waals surface area (Å²) in [7, 11) is 0. The van der Waals surface area contributed by atoms with Crippen molar-refractivity contribution in [1.82, 2.24) is 5.48 Å². The Morgan fingerprint density at radius 1 is 1.31 bits per heavy atom. The van der Waals surface area contributed by atoms with Gasteiger partial charge in [-0.25, -0.2) is 9.18 Å². The maximum Gasteiger partial charge on any atom is 0.398 e. The molecule has 0 aliphatic heterocycles. The number of Topliss-reactive ketones (excluding diaryl/α,β-unsaturated/α-hetero) is 1. The summed E-state index contributed by atoms with van der Waals surface area (Å²) >= 11 is 0. The number of hydrogen-bond acceptors (Lipinski definition) is 5. The van der Waals surface area contributed by atoms with Crippen LogP contribution in [0.3, 0.4) is 0 Å². The first-order chi connectivity index (χ1) is 7.65. The Morgan fingerprint density at radius 3 is 2.50 bits per heavy atom. The van der Waals surface area contributed by atoms with Crippen molar-refractivity contribution in [1.29, 1.82) is 0 Å². The minimum Gasteiger partial charge on any atom is -0.364 e. The molecule has 0 unspecified atom stereocenters. The number of halogens is 1. The van der Waals surface area contributed by atoms with Gasteiger partial charge in [0.1, 0.15) is 12.1 Å². The molecule has 1 N–H and O–H groups in total. The average molecular weight is 225 g/mol. The van der Waals surface area contributed by atoms with E-state index in [0.29, 0.717) is 6.29 Å². The monoisotopic (exact) mass is 225 g/mol. The molecule has 5 nitrogen and oxygen atoms in total. The SMILES string of the molecule is O=CCNOC(=O)C(=O)c1ccc(F)cc1. The lowest BCUT2D eigenvalue weighted by molar-refractivity contribution is -0.145. The molecule has 6 heteroatoms. The third kappa shape index (κ3) is 3.25. The molecule has 0 fully saturated rings. The van der Waals surface area contributed by atoms with E-state index >= 15 is 0 Å². The summed E-state index contributed by atoms with van der Waals surface area (Å²) in [6.45, 7) is -0.206. The highest BCUT2D eigenvalue weighted by molar-refractivity contribution is 6.40. The van der Waals surface area contributed by atoms with Crippen LogP contribution < -0.4 is 5.48 Å². The number of benzene rings is 1. The predicted molar refractivity (Wildman–Crippen MR) is 50.9 cm³/mol. The lowest BCUT2D eigenvalue weighted by atomic mass is 10.1. The fourth-order valence-corrected chi connectivity index (χ4v) is 0.907. The van der Waals surface area contributed by atoms with Crippen LogP contribution in [0.5, 0.6) is 0 Å². The van der Waals surface area contributed by atoms with Crippen molar-refractivity contribution in [3.8, 4) is 0 Å². The summed E-state index contributed by atoms with van der Waals surface area (Å²) in [5.41, 5.74) is 2.00. The van der Waals surface area contributed by atoms with Crippen LogP contribution in [0.2, 0.25) is 0 Å². The van der Waals surface area contributed by atoms with Gasteiger partial charge in [-0.1, -0.05) is 0 Å². The maximum absolute atomic E-state index is 12.5. The van der Waals surface area contributed by atoms with Gasteiger partial charge in [0.2, 0.25) is 0 Å². The van der Waals surface area contributed by atoms with E-state index in [4.69, 9.17) is 0 Å². The van der Waals surface area contributed by atoms with Gasteiger partial charge >= 0.3 is 5.97 Å². The fourth-order valence-electron chi connectivity index (χ4n) is 0.907. The van der Waals surface area contributed by atoms with Crippen LogP contribution in [-0.4, -0.2) is 24.6 Å². The van der Waals surface area contributed by atoms with Gasteiger partial charge in [0.25, 0.3) is 5.78 Å². The topological polar surface area (TPSA) is 72.5 Å². The minimum absolute atomic E-state index is 0.0132. The Bertz CT molecular complexity index is 402. The van der Waals surface area contributed by atoms with Crippen molar-refractivity contribution in [3.05, 3.63) is 35.6 Å². The van der Waals surface area contributed by atoms with E-state index in [1.54, 1.807) is 0 Å². The van der Waals surface area contributed by atoms with Gasteiger partial charge in [-0.2, -0.15) is 0 Å². The average Bonchev–Trinajstić information content (AvgIpc) is 2.29. The van der Waals surface area contributed by atoms with Crippen molar-refractivity contribution in [2.45, 2.75) is 0 Å². The zero-order chi connectivity index (χ0) is 12.0. The molecule has 0 bridgehead atoms. The second kappa shape index (κ2) is 5.72. The molecule has 0 atom stereocenters. The molecule has 1 aromatic carbocycles. The van der Waals surface area contributed by atoms with Gasteiger partial charge < -0.3 is 9.63 Å². The van der Waals surface area contributed by atoms with Gasteiger partial charge in [0, 0.05) is 5.56 Å². The lowest BCUT2D eigenvalue weighted by Gasteiger charge is -2.01. The molecule has 0 radical (unpaired) electrons. The third-order valence-corrected chi connectivity index (χ3v) is 1.62. The number of carbonyl (C=O) groups is 3. The summed E-state index contributed by atoms with van der Waals surface area (Å²) < 4.78 is 12.5. The highest BCUT2D eigenvalue weighted by atomic mass is 19.1. The van der Waals surface area contributed by atoms with Crippen molar-refractivity contribution < 1.29 is 23.6 Å². The van der Waals surface area contributed by atoms with Crippen LogP contribution in [0, 0.1) is 5.82 Å². The van der Waals surface area contributed by atoms with E-state index in [0.717, 1.165) is 12.1 Å². The van der Waals surface area contributed by atoms with Crippen molar-refractivity contribution in [3.63, 3.8) is 0 Å². The van der Waals surface area contributed by atoms with Crippen LogP contribution in [0.4, 0.5) is 4.39 Å². The Labute approximate surface area is 90.2 Å². The van der Waals surface area contributed by atoms with Crippen LogP contribution in [0.15, 0.2) is 24.3 Å². The highest BCUT2D eigenvalue weighted by Crippen LogP contribution is 2.04. The number of carbonyl (C=O) groups excluding carboxylic acids is 3. The first-order valence-corrected chi connectivity index (χ1v) is 4.32. The molecule has 1 rings (SSSR count). The normalized spacial score (nSPS) is 9.56. The molecule has 0 aromatic heterocycles. The molecule has 0 spiro atoms. The van der Waals surface area contributed by atoms with Crippen molar-refractivity contribution in [2.24, 2.45) is 0 Å². The van der Waals surface area contributed by atoms with Crippen molar-refractivity contribution in [2.75, 3.05) is 6.54 Å². The highest BCUT2D eigenvalue weighted by Gasteiger charge is 2.17. The molecule has 0 heterocycles. The fraction of sp³-hybridized carbons (Fsp3) is 0.100. The first kappa shape index (κ1) is 12.0. The number of rotatable bonds is 5. The maximum atomic E-state index is 12.5. The van der Waals surface area contributed by atoms with Crippen LogP contribution in [0.25, 0.3) is 0 Å². The number of nitrogens with one attached hydrogen (secondary N) is 1. The van der Waals surface area contributed by atoms with Crippen molar-refractivity contribution >= 4 is 18.0 Å². The summed E-state index contributed by atoms with van der Waals surface area (Å²) in [6, 6.07) is 4.44. The van der Waals surface area contributed by atoms with E-state index in [-0.39, 0.29) is 12.1 Å². The summed E-state index contributed by atoms with van der Waals surface area (Å²) in [4.78, 5) is 36.5. The molecule has 16 heavy (non-hydrogen) atoms. The summed E-state index contributed by atoms with van der Waals surface area (Å²) in [5, 5.41) is 0. The van der Waals surface area contributed by atoms with Gasteiger partial charge in [0.05, 0.1) is 6.54 Å². The molecule has 0 aliphatic rings. The van der Waals surface area contributed by atoms with E-state index in [2.05, 4.69) is 4.84 Å². The quantitative estimate of drug-likeness (QED) is 0.256. The van der Waals surface area contributed by atoms with Gasteiger partial charge in [-0.05, 0) is 24.3 Å². The Balaban J connectivity index is 2.60. The zero-order valence-electron chi connectivity index (χ0n) is 8.10. The van der Waals surface area contributed by atoms with Crippen LogP contribution >= 0.6 is 0 Å². The Kier molecular flexibility index (Phi) is 4.28. The van der Waals surface area contributed by atoms with E-state index < -0.39 is 17.6 Å². The molecule has 0 saturated heterocycles. The first-order valence-electron chi connectivity index (χ1n) is 4.32. The third-order valence-electron chi connectivity index (χ3n) is 1.62. The minimum atomic E-state index is -1.16. The van der Waals surface area contributed by atoms with Crippen LogP contribution in [-0.2, 0) is 14.4 Å². The molecule has 0 aliphatic carbocycles. The van der Waals surface area contributed by atoms with Gasteiger partial charge in [-0.15, -0.1) is 5.48 Å². The molecule has 84 valence electrons. The molecule has 0 amide bonds. The van der Waals surface area contributed by atoms with Gasteiger partial charge in [-0.3, -0.25) is 4.79 Å². The molecule has 1 aromatic rings. The molecule has 0 saturated carbocycles. The lowest BCUT2D eigenvalue weighted by Crippen LogP contribution is -2.27. The zero-order valence-corrected chi connectivity index (χ0v) is 8.10. The van der Waals surface area contributed by atoms with Gasteiger partial charge in [0.15, 0.2) is 0 Å². The molecular weight excluding hydrogens is 217 g/mol. The van der Waals surface area contributed by atoms with E-state index in [1.165, 1.54) is 12.1 Å². The summed E-state index contributed by atoms with van der Waals surface area (Å²) in [5.74, 6) is -2.59. The van der Waals surface area contributed by atoms with E-state index in [9.17, 15) is 18.8 Å². The molecular formula is C10H8FNO4. The Morgan fingerprint density at radius 2 is 1.94 bits per heavy atom. The second-order valence-corrected chi connectivity index (χ2v) is 2.74. The van der Waals surface area contributed by atoms with E-state index in [1.807, 2.05) is 5.48 Å². The summed E-state index contributed by atoms with van der Waals surface area (Å²) in [6.07, 6.45) is 0.468.